The molecular weight excluding hydrogens is 361 g/mol. The second-order valence-corrected chi connectivity index (χ2v) is 8.73. The quantitative estimate of drug-likeness (QED) is 0.535. The van der Waals surface area contributed by atoms with Gasteiger partial charge in [-0.25, -0.2) is 4.39 Å². The van der Waals surface area contributed by atoms with E-state index in [2.05, 4.69) is 32.9 Å². The van der Waals surface area contributed by atoms with Gasteiger partial charge in [0.05, 0.1) is 6.04 Å². The van der Waals surface area contributed by atoms with Crippen molar-refractivity contribution in [2.75, 3.05) is 6.54 Å². The predicted molar refractivity (Wildman–Crippen MR) is 115 cm³/mol. The molecular formula is C26H26FNO. The molecule has 0 spiro atoms. The molecule has 3 heteroatoms. The number of carbonyl (C=O) groups is 1. The Hall–Kier alpha value is -2.94. The molecule has 0 N–H and O–H groups in total. The van der Waals surface area contributed by atoms with E-state index < -0.39 is 0 Å². The van der Waals surface area contributed by atoms with Crippen LogP contribution in [0.15, 0.2) is 72.8 Å². The molecule has 148 valence electrons. The first-order valence-corrected chi connectivity index (χ1v) is 10.1. The van der Waals surface area contributed by atoms with E-state index in [1.807, 2.05) is 41.3 Å². The Balaban J connectivity index is 1.73. The third-order valence-corrected chi connectivity index (χ3v) is 5.73. The number of benzene rings is 3. The predicted octanol–water partition coefficient (Wildman–Crippen LogP) is 5.91. The lowest BCUT2D eigenvalue weighted by atomic mass is 9.86. The van der Waals surface area contributed by atoms with Gasteiger partial charge in [0.1, 0.15) is 5.82 Å². The Morgan fingerprint density at radius 3 is 2.24 bits per heavy atom. The number of nitrogens with zero attached hydrogens (tertiary/aromatic N) is 1. The van der Waals surface area contributed by atoms with Crippen molar-refractivity contribution in [1.82, 2.24) is 4.90 Å². The maximum atomic E-state index is 13.5. The third-order valence-electron chi connectivity index (χ3n) is 5.73. The minimum atomic E-state index is -0.270. The summed E-state index contributed by atoms with van der Waals surface area (Å²) in [5, 5.41) is 0. The van der Waals surface area contributed by atoms with Gasteiger partial charge in [-0.15, -0.1) is 0 Å². The summed E-state index contributed by atoms with van der Waals surface area (Å²) in [6.45, 7) is 7.13. The Bertz CT molecular complexity index is 1020. The van der Waals surface area contributed by atoms with Crippen molar-refractivity contribution < 1.29 is 9.18 Å². The summed E-state index contributed by atoms with van der Waals surface area (Å²) < 4.78 is 13.5. The van der Waals surface area contributed by atoms with E-state index in [1.165, 1.54) is 23.3 Å². The highest BCUT2D eigenvalue weighted by molar-refractivity contribution is 5.95. The minimum Gasteiger partial charge on any atom is -0.327 e. The Kier molecular flexibility index (Phi) is 4.99. The van der Waals surface area contributed by atoms with Crippen LogP contribution in [0.4, 0.5) is 4.39 Å². The molecule has 1 aliphatic rings. The molecule has 1 atom stereocenters. The van der Waals surface area contributed by atoms with Gasteiger partial charge in [0, 0.05) is 12.1 Å². The van der Waals surface area contributed by atoms with Crippen molar-refractivity contribution in [3.63, 3.8) is 0 Å². The van der Waals surface area contributed by atoms with Crippen molar-refractivity contribution in [3.05, 3.63) is 106 Å². The van der Waals surface area contributed by atoms with Crippen LogP contribution < -0.4 is 0 Å². The van der Waals surface area contributed by atoms with E-state index >= 15 is 0 Å². The standard InChI is InChI=1S/C26H26FNO/c1-26(2,3)21-12-8-20(9-13-21)25(29)28-17-16-18-6-4-5-7-23(18)24(28)19-10-14-22(27)15-11-19/h4-15,24H,16-17H2,1-3H3/t24-/m0/s1. The summed E-state index contributed by atoms with van der Waals surface area (Å²) in [5.74, 6) is -0.261. The first kappa shape index (κ1) is 19.4. The highest BCUT2D eigenvalue weighted by Gasteiger charge is 2.32. The van der Waals surface area contributed by atoms with E-state index in [-0.39, 0.29) is 23.2 Å². The van der Waals surface area contributed by atoms with Gasteiger partial charge in [0.2, 0.25) is 0 Å². The summed E-state index contributed by atoms with van der Waals surface area (Å²) in [6.07, 6.45) is 0.819. The molecule has 3 aromatic rings. The molecule has 0 aromatic heterocycles. The van der Waals surface area contributed by atoms with Crippen molar-refractivity contribution in [3.8, 4) is 0 Å². The molecule has 3 aromatic carbocycles. The smallest absolute Gasteiger partial charge is 0.254 e. The Labute approximate surface area is 172 Å². The van der Waals surface area contributed by atoms with Gasteiger partial charge >= 0.3 is 0 Å². The Morgan fingerprint density at radius 2 is 1.59 bits per heavy atom. The van der Waals surface area contributed by atoms with Gasteiger partial charge in [-0.2, -0.15) is 0 Å². The average molecular weight is 387 g/mol. The fraction of sp³-hybridized carbons (Fsp3) is 0.269. The van der Waals surface area contributed by atoms with E-state index in [0.29, 0.717) is 12.1 Å². The van der Waals surface area contributed by atoms with Crippen LogP contribution in [0, 0.1) is 5.82 Å². The number of rotatable bonds is 2. The maximum absolute atomic E-state index is 13.5. The van der Waals surface area contributed by atoms with E-state index in [1.54, 1.807) is 12.1 Å². The lowest BCUT2D eigenvalue weighted by molar-refractivity contribution is 0.0694. The van der Waals surface area contributed by atoms with E-state index in [9.17, 15) is 9.18 Å². The number of halogens is 1. The summed E-state index contributed by atoms with van der Waals surface area (Å²) in [4.78, 5) is 15.4. The fourth-order valence-corrected chi connectivity index (χ4v) is 4.07. The number of fused-ring (bicyclic) bond motifs is 1. The number of hydrogen-bond donors (Lipinski definition) is 0. The first-order valence-electron chi connectivity index (χ1n) is 10.1. The molecule has 2 nitrogen and oxygen atoms in total. The largest absolute Gasteiger partial charge is 0.327 e. The summed E-state index contributed by atoms with van der Waals surface area (Å²) in [7, 11) is 0. The van der Waals surface area contributed by atoms with Crippen LogP contribution in [0.25, 0.3) is 0 Å². The van der Waals surface area contributed by atoms with Crippen LogP contribution in [0.2, 0.25) is 0 Å². The molecule has 0 aliphatic carbocycles. The zero-order chi connectivity index (χ0) is 20.6. The molecule has 0 bridgehead atoms. The topological polar surface area (TPSA) is 20.3 Å². The van der Waals surface area contributed by atoms with Crippen LogP contribution in [0.1, 0.15) is 59.4 Å². The van der Waals surface area contributed by atoms with Crippen LogP contribution in [0.5, 0.6) is 0 Å². The van der Waals surface area contributed by atoms with Crippen molar-refractivity contribution in [1.29, 1.82) is 0 Å². The maximum Gasteiger partial charge on any atom is 0.254 e. The summed E-state index contributed by atoms with van der Waals surface area (Å²) in [6, 6.07) is 22.4. The zero-order valence-electron chi connectivity index (χ0n) is 17.2. The van der Waals surface area contributed by atoms with Crippen molar-refractivity contribution >= 4 is 5.91 Å². The van der Waals surface area contributed by atoms with Gasteiger partial charge in [-0.05, 0) is 58.4 Å². The van der Waals surface area contributed by atoms with Gasteiger partial charge in [-0.3, -0.25) is 4.79 Å². The molecule has 1 amide bonds. The molecule has 0 saturated carbocycles. The van der Waals surface area contributed by atoms with Gasteiger partial charge in [-0.1, -0.05) is 69.3 Å². The monoisotopic (exact) mass is 387 g/mol. The number of carbonyl (C=O) groups excluding carboxylic acids is 1. The van der Waals surface area contributed by atoms with Gasteiger partial charge in [0.25, 0.3) is 5.91 Å². The zero-order valence-corrected chi connectivity index (χ0v) is 17.2. The van der Waals surface area contributed by atoms with Crippen LogP contribution in [-0.2, 0) is 11.8 Å². The minimum absolute atomic E-state index is 0.00860. The summed E-state index contributed by atoms with van der Waals surface area (Å²) in [5.41, 5.74) is 5.22. The lowest BCUT2D eigenvalue weighted by Gasteiger charge is -2.38. The van der Waals surface area contributed by atoms with Crippen LogP contribution in [0.3, 0.4) is 0 Å². The van der Waals surface area contributed by atoms with E-state index in [0.717, 1.165) is 17.5 Å². The van der Waals surface area contributed by atoms with Gasteiger partial charge in [0.15, 0.2) is 0 Å². The molecule has 0 unspecified atom stereocenters. The Morgan fingerprint density at radius 1 is 0.931 bits per heavy atom. The molecule has 0 radical (unpaired) electrons. The van der Waals surface area contributed by atoms with Crippen LogP contribution >= 0.6 is 0 Å². The molecule has 1 heterocycles. The highest BCUT2D eigenvalue weighted by Crippen LogP contribution is 2.36. The molecule has 1 aliphatic heterocycles. The number of hydrogen-bond acceptors (Lipinski definition) is 1. The molecule has 0 saturated heterocycles. The molecule has 4 rings (SSSR count). The van der Waals surface area contributed by atoms with Crippen LogP contribution in [-0.4, -0.2) is 17.4 Å². The first-order chi connectivity index (χ1) is 13.8. The van der Waals surface area contributed by atoms with Crippen molar-refractivity contribution in [2.24, 2.45) is 0 Å². The second kappa shape index (κ2) is 7.47. The summed E-state index contributed by atoms with van der Waals surface area (Å²) >= 11 is 0. The second-order valence-electron chi connectivity index (χ2n) is 8.73. The fourth-order valence-electron chi connectivity index (χ4n) is 4.07. The average Bonchev–Trinajstić information content (AvgIpc) is 2.72. The SMILES string of the molecule is CC(C)(C)c1ccc(C(=O)N2CCc3ccccc3[C@@H]2c2ccc(F)cc2)cc1. The van der Waals surface area contributed by atoms with Gasteiger partial charge < -0.3 is 4.90 Å². The normalized spacial score (nSPS) is 16.4. The molecule has 29 heavy (non-hydrogen) atoms. The lowest BCUT2D eigenvalue weighted by Crippen LogP contribution is -2.40. The third kappa shape index (κ3) is 3.82. The number of amides is 1. The highest BCUT2D eigenvalue weighted by atomic mass is 19.1. The molecule has 0 fully saturated rings. The van der Waals surface area contributed by atoms with E-state index in [4.69, 9.17) is 0 Å². The van der Waals surface area contributed by atoms with Crippen molar-refractivity contribution in [2.45, 2.75) is 38.6 Å².